The van der Waals surface area contributed by atoms with Gasteiger partial charge >= 0.3 is 12.1 Å². The minimum Gasteiger partial charge on any atom is -0.329 e. The lowest BCUT2D eigenvalue weighted by Crippen LogP contribution is -2.20. The third-order valence-electron chi connectivity index (χ3n) is 2.67. The van der Waals surface area contributed by atoms with Gasteiger partial charge in [0.1, 0.15) is 11.6 Å². The number of hydrogen-bond donors (Lipinski definition) is 1. The first-order valence-electron chi connectivity index (χ1n) is 6.17. The van der Waals surface area contributed by atoms with Crippen LogP contribution in [0.1, 0.15) is 18.4 Å². The molecule has 9 heteroatoms. The molecule has 0 spiro atoms. The van der Waals surface area contributed by atoms with Crippen LogP contribution in [0.3, 0.4) is 0 Å². The molecule has 118 valence electrons. The lowest BCUT2D eigenvalue weighted by Gasteiger charge is -2.05. The Morgan fingerprint density at radius 2 is 2.09 bits per heavy atom. The van der Waals surface area contributed by atoms with Crippen molar-refractivity contribution < 1.29 is 26.9 Å². The number of benzene rings is 1. The van der Waals surface area contributed by atoms with Crippen LogP contribution < -0.4 is 5.32 Å². The molecule has 2 aromatic rings. The number of alkyl halides is 3. The topological polar surface area (TPSA) is 68.0 Å². The zero-order valence-corrected chi connectivity index (χ0v) is 11.4. The highest BCUT2D eigenvalue weighted by Gasteiger charge is 2.38. The van der Waals surface area contributed by atoms with Crippen molar-refractivity contribution >= 4 is 5.78 Å². The van der Waals surface area contributed by atoms with Gasteiger partial charge in [-0.05, 0) is 13.0 Å². The minimum atomic E-state index is -4.75. The highest BCUT2D eigenvalue weighted by atomic mass is 19.4. The van der Waals surface area contributed by atoms with Crippen LogP contribution in [-0.4, -0.2) is 22.5 Å². The second kappa shape index (κ2) is 6.22. The van der Waals surface area contributed by atoms with Gasteiger partial charge in [-0.15, -0.1) is 0 Å². The molecule has 0 saturated carbocycles. The quantitative estimate of drug-likeness (QED) is 0.859. The van der Waals surface area contributed by atoms with Gasteiger partial charge in [0.25, 0.3) is 0 Å². The summed E-state index contributed by atoms with van der Waals surface area (Å²) >= 11 is 0. The van der Waals surface area contributed by atoms with E-state index in [-0.39, 0.29) is 35.8 Å². The number of hydrogen-bond acceptors (Lipinski definition) is 5. The Kier molecular flexibility index (Phi) is 4.55. The molecular weight excluding hydrogens is 306 g/mol. The van der Waals surface area contributed by atoms with Crippen molar-refractivity contribution in [3.63, 3.8) is 0 Å². The summed E-state index contributed by atoms with van der Waals surface area (Å²) in [7, 11) is 0. The number of aromatic nitrogens is 2. The number of Topliss-reactive ketones (excluding diaryl/α,β-unsaturated/α-hetero) is 1. The fourth-order valence-corrected chi connectivity index (χ4v) is 1.66. The Morgan fingerprint density at radius 3 is 2.64 bits per heavy atom. The molecule has 1 aromatic carbocycles. The van der Waals surface area contributed by atoms with Crippen molar-refractivity contribution in [1.29, 1.82) is 0 Å². The molecule has 22 heavy (non-hydrogen) atoms. The van der Waals surface area contributed by atoms with Gasteiger partial charge < -0.3 is 9.84 Å². The van der Waals surface area contributed by atoms with Crippen molar-refractivity contribution in [3.8, 4) is 11.4 Å². The molecule has 0 aliphatic rings. The minimum absolute atomic E-state index is 0.0621. The van der Waals surface area contributed by atoms with Crippen LogP contribution in [0, 0.1) is 5.82 Å². The molecule has 1 heterocycles. The van der Waals surface area contributed by atoms with E-state index in [4.69, 9.17) is 0 Å². The van der Waals surface area contributed by atoms with Crippen LogP contribution in [0.25, 0.3) is 11.4 Å². The molecule has 2 rings (SSSR count). The van der Waals surface area contributed by atoms with Crippen molar-refractivity contribution in [2.45, 2.75) is 19.6 Å². The number of carbonyl (C=O) groups excluding carboxylic acids is 1. The van der Waals surface area contributed by atoms with Crippen molar-refractivity contribution in [3.05, 3.63) is 35.5 Å². The summed E-state index contributed by atoms with van der Waals surface area (Å²) in [5.74, 6) is -2.58. The molecule has 0 bridgehead atoms. The Balaban J connectivity index is 2.15. The van der Waals surface area contributed by atoms with E-state index in [9.17, 15) is 22.4 Å². The summed E-state index contributed by atoms with van der Waals surface area (Å²) in [6.07, 6.45) is -4.75. The van der Waals surface area contributed by atoms with E-state index in [1.54, 1.807) is 0 Å². The van der Waals surface area contributed by atoms with Crippen LogP contribution >= 0.6 is 0 Å². The van der Waals surface area contributed by atoms with Crippen LogP contribution in [0.15, 0.2) is 22.7 Å². The summed E-state index contributed by atoms with van der Waals surface area (Å²) in [4.78, 5) is 13.9. The van der Waals surface area contributed by atoms with E-state index in [0.717, 1.165) is 6.07 Å². The van der Waals surface area contributed by atoms with Crippen LogP contribution in [0.4, 0.5) is 17.6 Å². The Morgan fingerprint density at radius 1 is 1.36 bits per heavy atom. The predicted octanol–water partition coefficient (Wildman–Crippen LogP) is 2.57. The Labute approximate surface area is 122 Å². The molecule has 0 saturated heterocycles. The van der Waals surface area contributed by atoms with E-state index in [0.29, 0.717) is 0 Å². The maximum Gasteiger partial charge on any atom is 0.471 e. The average Bonchev–Trinajstić information content (AvgIpc) is 2.89. The van der Waals surface area contributed by atoms with Crippen LogP contribution in [0.5, 0.6) is 0 Å². The van der Waals surface area contributed by atoms with Gasteiger partial charge in [0.15, 0.2) is 0 Å². The first-order valence-corrected chi connectivity index (χ1v) is 6.17. The monoisotopic (exact) mass is 317 g/mol. The fourth-order valence-electron chi connectivity index (χ4n) is 1.66. The predicted molar refractivity (Wildman–Crippen MR) is 67.1 cm³/mol. The van der Waals surface area contributed by atoms with E-state index in [1.165, 1.54) is 19.1 Å². The fraction of sp³-hybridized carbons (Fsp3) is 0.308. The standard InChI is InChI=1S/C13H11F4N3O2/c1-7(21)5-18-6-9-3-2-8(4-10(9)14)11-19-12(22-20-11)13(15,16)17/h2-4,18H,5-6H2,1H3. The molecule has 0 radical (unpaired) electrons. The van der Waals surface area contributed by atoms with Crippen LogP contribution in [0.2, 0.25) is 0 Å². The second-order valence-corrected chi connectivity index (χ2v) is 4.53. The molecule has 0 aliphatic heterocycles. The largest absolute Gasteiger partial charge is 0.471 e. The second-order valence-electron chi connectivity index (χ2n) is 4.53. The first-order chi connectivity index (χ1) is 10.3. The van der Waals surface area contributed by atoms with Gasteiger partial charge in [-0.2, -0.15) is 18.2 Å². The Bertz CT molecular complexity index is 682. The third kappa shape index (κ3) is 3.88. The molecule has 0 amide bonds. The number of halogens is 4. The number of ketones is 1. The molecule has 0 aliphatic carbocycles. The van der Waals surface area contributed by atoms with Crippen molar-refractivity contribution in [2.75, 3.05) is 6.54 Å². The van der Waals surface area contributed by atoms with E-state index < -0.39 is 17.9 Å². The van der Waals surface area contributed by atoms with E-state index in [1.807, 2.05) is 0 Å². The van der Waals surface area contributed by atoms with Gasteiger partial charge in [-0.25, -0.2) is 4.39 Å². The summed E-state index contributed by atoms with van der Waals surface area (Å²) in [5, 5.41) is 5.91. The molecule has 1 aromatic heterocycles. The zero-order valence-electron chi connectivity index (χ0n) is 11.4. The van der Waals surface area contributed by atoms with Crippen LogP contribution in [-0.2, 0) is 17.5 Å². The summed E-state index contributed by atoms with van der Waals surface area (Å²) in [6.45, 7) is 1.60. The molecular formula is C13H11F4N3O2. The molecule has 5 nitrogen and oxygen atoms in total. The normalized spacial score (nSPS) is 11.7. The molecule has 0 atom stereocenters. The number of nitrogens with one attached hydrogen (secondary N) is 1. The lowest BCUT2D eigenvalue weighted by atomic mass is 10.1. The summed E-state index contributed by atoms with van der Waals surface area (Å²) in [6, 6.07) is 3.76. The van der Waals surface area contributed by atoms with Crippen molar-refractivity contribution in [2.24, 2.45) is 0 Å². The van der Waals surface area contributed by atoms with Gasteiger partial charge in [-0.3, -0.25) is 4.79 Å². The zero-order chi connectivity index (χ0) is 16.3. The molecule has 0 fully saturated rings. The van der Waals surface area contributed by atoms with E-state index in [2.05, 4.69) is 20.0 Å². The maximum absolute atomic E-state index is 13.9. The Hall–Kier alpha value is -2.29. The maximum atomic E-state index is 13.9. The highest BCUT2D eigenvalue weighted by Crippen LogP contribution is 2.29. The number of nitrogens with zero attached hydrogens (tertiary/aromatic N) is 2. The first kappa shape index (κ1) is 16.1. The third-order valence-corrected chi connectivity index (χ3v) is 2.67. The van der Waals surface area contributed by atoms with Gasteiger partial charge in [0, 0.05) is 17.7 Å². The molecule has 1 N–H and O–H groups in total. The molecule has 0 unspecified atom stereocenters. The smallest absolute Gasteiger partial charge is 0.329 e. The summed E-state index contributed by atoms with van der Waals surface area (Å²) < 4.78 is 55.0. The van der Waals surface area contributed by atoms with Gasteiger partial charge in [0.05, 0.1) is 6.54 Å². The SMILES string of the molecule is CC(=O)CNCc1ccc(-c2noc(C(F)(F)F)n2)cc1F. The van der Waals surface area contributed by atoms with Gasteiger partial charge in [-0.1, -0.05) is 17.3 Å². The average molecular weight is 317 g/mol. The number of rotatable bonds is 5. The van der Waals surface area contributed by atoms with Crippen molar-refractivity contribution in [1.82, 2.24) is 15.5 Å². The summed E-state index contributed by atoms with van der Waals surface area (Å²) in [5.41, 5.74) is 0.330. The highest BCUT2D eigenvalue weighted by molar-refractivity contribution is 5.77. The number of carbonyl (C=O) groups is 1. The lowest BCUT2D eigenvalue weighted by molar-refractivity contribution is -0.159. The van der Waals surface area contributed by atoms with Gasteiger partial charge in [0.2, 0.25) is 5.82 Å². The van der Waals surface area contributed by atoms with E-state index >= 15 is 0 Å².